The Morgan fingerprint density at radius 2 is 1.78 bits per heavy atom. The maximum atomic E-state index is 13.7. The van der Waals surface area contributed by atoms with Crippen LogP contribution in [0.4, 0.5) is 0 Å². The Morgan fingerprint density at radius 1 is 1.02 bits per heavy atom. The summed E-state index contributed by atoms with van der Waals surface area (Å²) in [5.41, 5.74) is 3.66. The Balaban J connectivity index is 1.84. The lowest BCUT2D eigenvalue weighted by Crippen LogP contribution is -2.25. The van der Waals surface area contributed by atoms with Crippen LogP contribution in [0.5, 0.6) is 17.2 Å². The first-order chi connectivity index (χ1) is 19.7. The van der Waals surface area contributed by atoms with Crippen molar-refractivity contribution in [2.24, 2.45) is 5.10 Å². The van der Waals surface area contributed by atoms with E-state index in [-0.39, 0.29) is 11.5 Å². The van der Waals surface area contributed by atoms with Crippen LogP contribution in [0.2, 0.25) is 0 Å². The van der Waals surface area contributed by atoms with E-state index in [1.54, 1.807) is 43.5 Å². The van der Waals surface area contributed by atoms with Crippen LogP contribution in [0.15, 0.2) is 64.5 Å². The fourth-order valence-electron chi connectivity index (χ4n) is 4.47. The van der Waals surface area contributed by atoms with Crippen LogP contribution in [0, 0.1) is 6.92 Å². The van der Waals surface area contributed by atoms with Crippen molar-refractivity contribution in [1.82, 2.24) is 9.66 Å². The highest BCUT2D eigenvalue weighted by Crippen LogP contribution is 2.34. The zero-order chi connectivity index (χ0) is 29.7. The molecule has 0 aliphatic carbocycles. The van der Waals surface area contributed by atoms with E-state index in [1.807, 2.05) is 38.1 Å². The predicted molar refractivity (Wildman–Crippen MR) is 160 cm³/mol. The van der Waals surface area contributed by atoms with Gasteiger partial charge in [-0.05, 0) is 85.8 Å². The number of esters is 1. The summed E-state index contributed by atoms with van der Waals surface area (Å²) in [5, 5.41) is 5.06. The van der Waals surface area contributed by atoms with E-state index in [4.69, 9.17) is 23.9 Å². The average Bonchev–Trinajstić information content (AvgIpc) is 2.96. The number of methoxy groups -OCH3 is 2. The number of fused-ring (bicyclic) bond motifs is 1. The monoisotopic (exact) mass is 557 g/mol. The topological polar surface area (TPSA) is 101 Å². The molecule has 0 fully saturated rings. The minimum Gasteiger partial charge on any atom is -0.494 e. The van der Waals surface area contributed by atoms with Crippen LogP contribution >= 0.6 is 0 Å². The molecular weight excluding hydrogens is 522 g/mol. The van der Waals surface area contributed by atoms with E-state index in [2.05, 4.69) is 18.9 Å². The second-order valence-electron chi connectivity index (χ2n) is 9.80. The van der Waals surface area contributed by atoms with Crippen molar-refractivity contribution in [3.05, 3.63) is 81.6 Å². The molecule has 41 heavy (non-hydrogen) atoms. The third-order valence-corrected chi connectivity index (χ3v) is 6.62. The minimum absolute atomic E-state index is 0.190. The van der Waals surface area contributed by atoms with Crippen LogP contribution in [0.1, 0.15) is 50.3 Å². The first kappa shape index (κ1) is 29.3. The maximum absolute atomic E-state index is 13.7. The molecular formula is C32H35N3O6. The molecule has 0 bridgehead atoms. The van der Waals surface area contributed by atoms with Gasteiger partial charge in [0.05, 0.1) is 37.9 Å². The van der Waals surface area contributed by atoms with Gasteiger partial charge in [-0.15, -0.1) is 0 Å². The second kappa shape index (κ2) is 12.7. The van der Waals surface area contributed by atoms with Crippen molar-refractivity contribution in [2.75, 3.05) is 20.8 Å². The van der Waals surface area contributed by atoms with Crippen LogP contribution < -0.4 is 19.8 Å². The number of aromatic nitrogens is 2. The average molecular weight is 558 g/mol. The summed E-state index contributed by atoms with van der Waals surface area (Å²) in [4.78, 5) is 30.4. The first-order valence-electron chi connectivity index (χ1n) is 13.4. The highest BCUT2D eigenvalue weighted by molar-refractivity contribution is 5.83. The van der Waals surface area contributed by atoms with E-state index < -0.39 is 12.1 Å². The molecule has 0 unspecified atom stereocenters. The first-order valence-corrected chi connectivity index (χ1v) is 13.4. The summed E-state index contributed by atoms with van der Waals surface area (Å²) in [6.45, 7) is 10.3. The number of nitrogens with zero attached hydrogens (tertiary/aromatic N) is 3. The van der Waals surface area contributed by atoms with Crippen LogP contribution in [-0.2, 0) is 9.53 Å². The number of hydrogen-bond donors (Lipinski definition) is 0. The number of hydrogen-bond acceptors (Lipinski definition) is 8. The van der Waals surface area contributed by atoms with Gasteiger partial charge in [-0.3, -0.25) is 4.79 Å². The van der Waals surface area contributed by atoms with Gasteiger partial charge >= 0.3 is 5.97 Å². The third kappa shape index (κ3) is 6.24. The van der Waals surface area contributed by atoms with Crippen molar-refractivity contribution in [2.45, 2.75) is 46.6 Å². The molecule has 1 aromatic heterocycles. The number of ether oxygens (including phenoxy) is 4. The molecule has 0 saturated heterocycles. The Hall–Kier alpha value is -4.66. The largest absolute Gasteiger partial charge is 0.494 e. The van der Waals surface area contributed by atoms with Gasteiger partial charge in [-0.2, -0.15) is 9.78 Å². The fraction of sp³-hybridized carbons (Fsp3) is 0.312. The highest BCUT2D eigenvalue weighted by Gasteiger charge is 2.19. The number of aryl methyl sites for hydroxylation is 1. The lowest BCUT2D eigenvalue weighted by molar-refractivity contribution is -0.147. The molecule has 4 rings (SSSR count). The number of benzene rings is 3. The molecule has 0 radical (unpaired) electrons. The van der Waals surface area contributed by atoms with Gasteiger partial charge in [0.2, 0.25) is 0 Å². The second-order valence-corrected chi connectivity index (χ2v) is 9.80. The summed E-state index contributed by atoms with van der Waals surface area (Å²) in [6.07, 6.45) is 0.747. The van der Waals surface area contributed by atoms with E-state index in [0.717, 1.165) is 22.4 Å². The lowest BCUT2D eigenvalue weighted by Gasteiger charge is -2.18. The van der Waals surface area contributed by atoms with Crippen LogP contribution in [0.25, 0.3) is 22.3 Å². The molecule has 214 valence electrons. The van der Waals surface area contributed by atoms with Gasteiger partial charge in [-0.1, -0.05) is 26.0 Å². The van der Waals surface area contributed by atoms with Gasteiger partial charge in [-0.25, -0.2) is 9.78 Å². The summed E-state index contributed by atoms with van der Waals surface area (Å²) >= 11 is 0. The van der Waals surface area contributed by atoms with Crippen molar-refractivity contribution < 1.29 is 23.7 Å². The molecule has 1 atom stereocenters. The van der Waals surface area contributed by atoms with Crippen LogP contribution in [0.3, 0.4) is 0 Å². The van der Waals surface area contributed by atoms with Gasteiger partial charge in [0.1, 0.15) is 5.75 Å². The number of carbonyl (C=O) groups excluding carboxylic acids is 1. The Kier molecular flexibility index (Phi) is 9.07. The van der Waals surface area contributed by atoms with Gasteiger partial charge < -0.3 is 18.9 Å². The molecule has 0 N–H and O–H groups in total. The number of rotatable bonds is 10. The predicted octanol–water partition coefficient (Wildman–Crippen LogP) is 5.73. The molecule has 3 aromatic carbocycles. The summed E-state index contributed by atoms with van der Waals surface area (Å²) in [6, 6.07) is 16.4. The number of para-hydroxylation sites is 1. The molecule has 0 spiro atoms. The third-order valence-electron chi connectivity index (χ3n) is 6.62. The number of carbonyl (C=O) groups is 1. The molecule has 9 nitrogen and oxygen atoms in total. The normalized spacial score (nSPS) is 12.1. The summed E-state index contributed by atoms with van der Waals surface area (Å²) < 4.78 is 23.1. The molecule has 1 heterocycles. The van der Waals surface area contributed by atoms with E-state index in [1.165, 1.54) is 18.9 Å². The maximum Gasteiger partial charge on any atom is 0.346 e. The summed E-state index contributed by atoms with van der Waals surface area (Å²) in [5.74, 6) is 1.70. The molecule has 9 heteroatoms. The van der Waals surface area contributed by atoms with E-state index in [0.29, 0.717) is 40.4 Å². The summed E-state index contributed by atoms with van der Waals surface area (Å²) in [7, 11) is 2.80. The van der Waals surface area contributed by atoms with Crippen LogP contribution in [-0.4, -0.2) is 48.8 Å². The van der Waals surface area contributed by atoms with Gasteiger partial charge in [0.25, 0.3) is 5.56 Å². The molecule has 0 aliphatic heterocycles. The molecule has 0 saturated carbocycles. The smallest absolute Gasteiger partial charge is 0.346 e. The van der Waals surface area contributed by atoms with Crippen molar-refractivity contribution in [3.63, 3.8) is 0 Å². The Labute approximate surface area is 239 Å². The van der Waals surface area contributed by atoms with Gasteiger partial charge in [0.15, 0.2) is 23.4 Å². The zero-order valence-electron chi connectivity index (χ0n) is 24.4. The van der Waals surface area contributed by atoms with Gasteiger partial charge in [0, 0.05) is 5.56 Å². The SMILES string of the molecule is CCOc1cc(C)c(-c2nc3ccccc3c(=O)n2N=Cc2ccc(O[C@@H](C)C(=O)OC)c(OC)c2)cc1C(C)C. The van der Waals surface area contributed by atoms with Crippen molar-refractivity contribution in [3.8, 4) is 28.6 Å². The van der Waals surface area contributed by atoms with E-state index >= 15 is 0 Å². The standard InChI is InChI=1S/C32H35N3O6/c1-8-40-28-15-20(4)25(17-24(28)19(2)3)30-34-26-12-10-9-11-23(26)31(36)35(30)33-18-22-13-14-27(29(16-22)38-6)41-21(5)32(37)39-7/h9-19,21H,8H2,1-7H3/t21-/m0/s1. The quantitative estimate of drug-likeness (QED) is 0.181. The van der Waals surface area contributed by atoms with Crippen molar-refractivity contribution in [1.29, 1.82) is 0 Å². The molecule has 0 amide bonds. The molecule has 0 aliphatic rings. The lowest BCUT2D eigenvalue weighted by atomic mass is 9.96. The highest BCUT2D eigenvalue weighted by atomic mass is 16.6. The Bertz CT molecular complexity index is 1660. The Morgan fingerprint density at radius 3 is 2.46 bits per heavy atom. The van der Waals surface area contributed by atoms with Crippen molar-refractivity contribution >= 4 is 23.1 Å². The molecule has 4 aromatic rings. The zero-order valence-corrected chi connectivity index (χ0v) is 24.4. The van der Waals surface area contributed by atoms with E-state index in [9.17, 15) is 9.59 Å². The fourth-order valence-corrected chi connectivity index (χ4v) is 4.47. The minimum atomic E-state index is -0.814.